The summed E-state index contributed by atoms with van der Waals surface area (Å²) >= 11 is 3.24. The summed E-state index contributed by atoms with van der Waals surface area (Å²) in [4.78, 5) is 62.2. The van der Waals surface area contributed by atoms with Gasteiger partial charge in [-0.1, -0.05) is 41.4 Å². The van der Waals surface area contributed by atoms with Crippen molar-refractivity contribution in [1.29, 1.82) is 0 Å². The number of hydrogen-bond acceptors (Lipinski definition) is 8. The van der Waals surface area contributed by atoms with Crippen molar-refractivity contribution in [3.63, 3.8) is 0 Å². The molecule has 2 aliphatic rings. The van der Waals surface area contributed by atoms with Crippen molar-refractivity contribution >= 4 is 53.2 Å². The second kappa shape index (κ2) is 20.4. The number of ether oxygens (including phenoxy) is 1. The van der Waals surface area contributed by atoms with Crippen molar-refractivity contribution in [3.05, 3.63) is 34.9 Å². The minimum Gasteiger partial charge on any atom is -0.428 e. The van der Waals surface area contributed by atoms with E-state index in [1.54, 1.807) is 18.7 Å². The smallest absolute Gasteiger partial charge is 0.420 e. The van der Waals surface area contributed by atoms with E-state index in [-0.39, 0.29) is 29.0 Å². The van der Waals surface area contributed by atoms with Crippen LogP contribution in [0.5, 0.6) is 0 Å². The predicted molar refractivity (Wildman–Crippen MR) is 183 cm³/mol. The lowest BCUT2D eigenvalue weighted by molar-refractivity contribution is -0.128. The average Bonchev–Trinajstić information content (AvgIpc) is 3.49. The standard InChI is InChI=1S/C33H52N4O6S2/c1-22(2)11-9-12-23(3)13-10-14-24(4)17-18-44-19-27(35-26(6)39)31(40)34-21-43-33(42)37-28-20-45-29(30(28)36-32(37)41)16-8-7-15-25(5)38/h11,13,17,27-30H,7-10,12,14-16,18-21H2,1-6H3,(H,34,40)(H,35,39)(H,36,41)/b23-13+,24-17+/t27-,28?,29?,30?/m1/s1. The highest BCUT2D eigenvalue weighted by atomic mass is 32.2. The summed E-state index contributed by atoms with van der Waals surface area (Å²) in [5.41, 5.74) is 4.02. The summed E-state index contributed by atoms with van der Waals surface area (Å²) in [6.45, 7) is 11.0. The number of imide groups is 1. The third kappa shape index (κ3) is 14.5. The number of carbonyl (C=O) groups excluding carboxylic acids is 5. The number of urea groups is 1. The number of nitrogens with one attached hydrogen (secondary N) is 3. The SMILES string of the molecule is CC(=O)CCCCC1SCC2C1NC(=O)N2C(=O)OCNC(=O)[C@@H](CSC/C=C(\C)CC/C=C(\C)CCC=C(C)C)NC(C)=O. The Hall–Kier alpha value is -2.73. The molecular formula is C33H52N4O6S2. The first kappa shape index (κ1) is 38.5. The third-order valence-electron chi connectivity index (χ3n) is 7.69. The van der Waals surface area contributed by atoms with Crippen molar-refractivity contribution in [1.82, 2.24) is 20.9 Å². The Labute approximate surface area is 277 Å². The van der Waals surface area contributed by atoms with Gasteiger partial charge in [0.25, 0.3) is 0 Å². The lowest BCUT2D eigenvalue weighted by atomic mass is 10.0. The van der Waals surface area contributed by atoms with Gasteiger partial charge in [0.05, 0.1) is 12.1 Å². The number of nitrogens with zero attached hydrogens (tertiary/aromatic N) is 1. The van der Waals surface area contributed by atoms with Gasteiger partial charge < -0.3 is 25.5 Å². The summed E-state index contributed by atoms with van der Waals surface area (Å²) in [6, 6.07) is -1.78. The van der Waals surface area contributed by atoms with Crippen molar-refractivity contribution in [3.8, 4) is 0 Å². The summed E-state index contributed by atoms with van der Waals surface area (Å²) in [6.07, 6.45) is 13.1. The van der Waals surface area contributed by atoms with Crippen LogP contribution in [0.25, 0.3) is 0 Å². The molecule has 0 aromatic heterocycles. The van der Waals surface area contributed by atoms with E-state index in [4.69, 9.17) is 4.74 Å². The normalized spacial score (nSPS) is 20.3. The number of Topliss-reactive ketones (excluding diaryl/α,β-unsaturated/α-hetero) is 1. The van der Waals surface area contributed by atoms with Crippen LogP contribution in [0.15, 0.2) is 34.9 Å². The largest absolute Gasteiger partial charge is 0.428 e. The Morgan fingerprint density at radius 3 is 2.36 bits per heavy atom. The second-order valence-corrected chi connectivity index (χ2v) is 14.4. The molecule has 0 saturated carbocycles. The maximum absolute atomic E-state index is 12.8. The van der Waals surface area contributed by atoms with Gasteiger partial charge in [-0.2, -0.15) is 23.5 Å². The zero-order valence-corrected chi connectivity index (χ0v) is 29.4. The van der Waals surface area contributed by atoms with Crippen LogP contribution in [0.2, 0.25) is 0 Å². The van der Waals surface area contributed by atoms with Crippen LogP contribution < -0.4 is 16.0 Å². The summed E-state index contributed by atoms with van der Waals surface area (Å²) in [5, 5.41) is 8.28. The van der Waals surface area contributed by atoms with Gasteiger partial charge in [0, 0.05) is 35.9 Å². The molecule has 0 radical (unpaired) electrons. The van der Waals surface area contributed by atoms with Crippen LogP contribution in [0.1, 0.15) is 92.9 Å². The molecule has 0 spiro atoms. The van der Waals surface area contributed by atoms with E-state index in [1.165, 1.54) is 35.4 Å². The van der Waals surface area contributed by atoms with E-state index in [0.717, 1.165) is 49.8 Å². The summed E-state index contributed by atoms with van der Waals surface area (Å²) in [5.74, 6) is 1.03. The van der Waals surface area contributed by atoms with Crippen LogP contribution in [-0.4, -0.2) is 82.0 Å². The minimum absolute atomic E-state index is 0.168. The molecular weight excluding hydrogens is 613 g/mol. The van der Waals surface area contributed by atoms with Crippen LogP contribution in [0.3, 0.4) is 0 Å². The molecule has 5 amide bonds. The zero-order chi connectivity index (χ0) is 33.4. The molecule has 45 heavy (non-hydrogen) atoms. The fourth-order valence-corrected chi connectivity index (χ4v) is 7.78. The number of unbranched alkanes of at least 4 members (excludes halogenated alkanes) is 1. The lowest BCUT2D eigenvalue weighted by Crippen LogP contribution is -2.49. The van der Waals surface area contributed by atoms with Gasteiger partial charge in [-0.3, -0.25) is 9.59 Å². The first-order valence-electron chi connectivity index (χ1n) is 15.8. The van der Waals surface area contributed by atoms with Crippen molar-refractivity contribution in [2.24, 2.45) is 0 Å². The molecule has 3 N–H and O–H groups in total. The van der Waals surface area contributed by atoms with Gasteiger partial charge in [0.15, 0.2) is 6.73 Å². The molecule has 0 aliphatic carbocycles. The van der Waals surface area contributed by atoms with E-state index in [0.29, 0.717) is 23.7 Å². The van der Waals surface area contributed by atoms with E-state index in [9.17, 15) is 24.0 Å². The maximum Gasteiger partial charge on any atom is 0.420 e. The number of rotatable bonds is 19. The van der Waals surface area contributed by atoms with Gasteiger partial charge in [-0.25, -0.2) is 14.5 Å². The number of carbonyl (C=O) groups is 5. The van der Waals surface area contributed by atoms with E-state index in [2.05, 4.69) is 61.9 Å². The quantitative estimate of drug-likeness (QED) is 0.0675. The Bertz CT molecular complexity index is 1130. The first-order chi connectivity index (χ1) is 21.4. The second-order valence-electron chi connectivity index (χ2n) is 12.1. The Morgan fingerprint density at radius 2 is 1.69 bits per heavy atom. The molecule has 3 unspecified atom stereocenters. The number of thioether (sulfide) groups is 2. The van der Waals surface area contributed by atoms with E-state index >= 15 is 0 Å². The highest BCUT2D eigenvalue weighted by Crippen LogP contribution is 2.37. The molecule has 2 aliphatic heterocycles. The van der Waals surface area contributed by atoms with Crippen LogP contribution in [-0.2, 0) is 19.1 Å². The Balaban J connectivity index is 1.74. The zero-order valence-electron chi connectivity index (χ0n) is 27.7. The highest BCUT2D eigenvalue weighted by Gasteiger charge is 2.51. The maximum atomic E-state index is 12.8. The average molecular weight is 665 g/mol. The van der Waals surface area contributed by atoms with Gasteiger partial charge >= 0.3 is 12.1 Å². The fourth-order valence-electron chi connectivity index (χ4n) is 5.18. The van der Waals surface area contributed by atoms with E-state index in [1.807, 2.05) is 0 Å². The van der Waals surface area contributed by atoms with Crippen LogP contribution in [0, 0.1) is 0 Å². The molecule has 2 rings (SSSR count). The Kier molecular flexibility index (Phi) is 17.4. The van der Waals surface area contributed by atoms with Crippen LogP contribution >= 0.6 is 23.5 Å². The fraction of sp³-hybridized carbons (Fsp3) is 0.667. The molecule has 2 saturated heterocycles. The van der Waals surface area contributed by atoms with Crippen LogP contribution in [0.4, 0.5) is 9.59 Å². The number of allylic oxidation sites excluding steroid dienone is 5. The summed E-state index contributed by atoms with van der Waals surface area (Å²) in [7, 11) is 0. The molecule has 0 aromatic carbocycles. The first-order valence-corrected chi connectivity index (χ1v) is 18.0. The number of hydrogen-bond donors (Lipinski definition) is 3. The molecule has 0 aromatic rings. The van der Waals surface area contributed by atoms with Gasteiger partial charge in [-0.05, 0) is 73.1 Å². The summed E-state index contributed by atoms with van der Waals surface area (Å²) < 4.78 is 5.24. The monoisotopic (exact) mass is 664 g/mol. The molecule has 2 fully saturated rings. The Morgan fingerprint density at radius 1 is 1.00 bits per heavy atom. The molecule has 12 heteroatoms. The molecule has 4 atom stereocenters. The van der Waals surface area contributed by atoms with Crippen molar-refractivity contribution < 1.29 is 28.7 Å². The number of fused-ring (bicyclic) bond motifs is 1. The highest BCUT2D eigenvalue weighted by molar-refractivity contribution is 8.00. The number of amides is 5. The third-order valence-corrected chi connectivity index (χ3v) is 10.2. The predicted octanol–water partition coefficient (Wildman–Crippen LogP) is 5.88. The van der Waals surface area contributed by atoms with Gasteiger partial charge in [0.1, 0.15) is 11.8 Å². The van der Waals surface area contributed by atoms with Gasteiger partial charge in [0.2, 0.25) is 11.8 Å². The topological polar surface area (TPSA) is 134 Å². The lowest BCUT2D eigenvalue weighted by Gasteiger charge is -2.21. The minimum atomic E-state index is -0.817. The molecule has 252 valence electrons. The van der Waals surface area contributed by atoms with Gasteiger partial charge in [-0.15, -0.1) is 0 Å². The van der Waals surface area contributed by atoms with E-state index < -0.39 is 30.8 Å². The van der Waals surface area contributed by atoms with Crippen molar-refractivity contribution in [2.75, 3.05) is 24.0 Å². The molecule has 2 heterocycles. The van der Waals surface area contributed by atoms with Crippen molar-refractivity contribution in [2.45, 2.75) is 116 Å². The molecule has 0 bridgehead atoms. The number of ketones is 1. The molecule has 10 nitrogen and oxygen atoms in total.